The van der Waals surface area contributed by atoms with E-state index in [9.17, 15) is 22.8 Å². The van der Waals surface area contributed by atoms with Gasteiger partial charge in [0.2, 0.25) is 5.91 Å². The van der Waals surface area contributed by atoms with E-state index in [1.54, 1.807) is 16.8 Å². The van der Waals surface area contributed by atoms with E-state index in [-0.39, 0.29) is 42.3 Å². The molecule has 2 aliphatic heterocycles. The lowest BCUT2D eigenvalue weighted by Crippen LogP contribution is -2.45. The van der Waals surface area contributed by atoms with Crippen molar-refractivity contribution in [3.05, 3.63) is 29.8 Å². The number of likely N-dealkylation sites (N-methyl/N-ethyl adjacent to an activating group) is 1. The molecule has 0 saturated carbocycles. The van der Waals surface area contributed by atoms with Gasteiger partial charge in [-0.2, -0.15) is 0 Å². The normalized spacial score (nSPS) is 24.1. The summed E-state index contributed by atoms with van der Waals surface area (Å²) in [4.78, 5) is 28.1. The van der Waals surface area contributed by atoms with Crippen LogP contribution in [-0.4, -0.2) is 67.4 Å². The number of fused-ring (bicyclic) bond motifs is 3. The van der Waals surface area contributed by atoms with Crippen LogP contribution in [0.2, 0.25) is 0 Å². The molecule has 0 spiro atoms. The maximum absolute atomic E-state index is 12.7. The molecule has 2 atom stereocenters. The molecule has 2 heterocycles. The Bertz CT molecular complexity index is 662. The Labute approximate surface area is 142 Å². The molecule has 9 heteroatoms. The number of ether oxygens (including phenoxy) is 2. The van der Waals surface area contributed by atoms with Crippen molar-refractivity contribution in [3.8, 4) is 5.75 Å². The zero-order valence-corrected chi connectivity index (χ0v) is 13.5. The van der Waals surface area contributed by atoms with Gasteiger partial charge in [0.15, 0.2) is 0 Å². The Kier molecular flexibility index (Phi) is 4.59. The molecule has 2 amide bonds. The Balaban J connectivity index is 1.75. The number of halogens is 3. The molecule has 25 heavy (non-hydrogen) atoms. The van der Waals surface area contributed by atoms with E-state index in [2.05, 4.69) is 4.74 Å². The van der Waals surface area contributed by atoms with Gasteiger partial charge in [-0.25, -0.2) is 0 Å². The Morgan fingerprint density at radius 2 is 1.88 bits per heavy atom. The maximum atomic E-state index is 12.7. The predicted molar refractivity (Wildman–Crippen MR) is 79.9 cm³/mol. The summed E-state index contributed by atoms with van der Waals surface area (Å²) in [5, 5.41) is 0. The summed E-state index contributed by atoms with van der Waals surface area (Å²) in [6.07, 6.45) is -4.78. The molecule has 1 aromatic carbocycles. The first-order valence-corrected chi connectivity index (χ1v) is 7.74. The molecule has 0 radical (unpaired) electrons. The molecule has 2 bridgehead atoms. The van der Waals surface area contributed by atoms with E-state index in [0.717, 1.165) is 12.1 Å². The number of hydrogen-bond donors (Lipinski definition) is 0. The van der Waals surface area contributed by atoms with Gasteiger partial charge in [0.25, 0.3) is 5.91 Å². The Morgan fingerprint density at radius 1 is 1.20 bits per heavy atom. The average molecular weight is 358 g/mol. The first-order valence-electron chi connectivity index (χ1n) is 7.74. The summed E-state index contributed by atoms with van der Waals surface area (Å²) in [6.45, 7) is 1.14. The highest BCUT2D eigenvalue weighted by Crippen LogP contribution is 2.24. The van der Waals surface area contributed by atoms with E-state index >= 15 is 0 Å². The highest BCUT2D eigenvalue weighted by atomic mass is 19.4. The topological polar surface area (TPSA) is 59.1 Å². The van der Waals surface area contributed by atoms with Crippen molar-refractivity contribution >= 4 is 11.8 Å². The van der Waals surface area contributed by atoms with Crippen LogP contribution in [0.25, 0.3) is 0 Å². The molecule has 2 aliphatic rings. The van der Waals surface area contributed by atoms with E-state index in [1.807, 2.05) is 0 Å². The summed E-state index contributed by atoms with van der Waals surface area (Å²) < 4.78 is 45.9. The molecule has 2 fully saturated rings. The van der Waals surface area contributed by atoms with Gasteiger partial charge in [-0.3, -0.25) is 9.59 Å². The summed E-state index contributed by atoms with van der Waals surface area (Å²) >= 11 is 0. The van der Waals surface area contributed by atoms with Crippen molar-refractivity contribution in [3.63, 3.8) is 0 Å². The zero-order chi connectivity index (χ0) is 18.2. The van der Waals surface area contributed by atoms with Gasteiger partial charge in [-0.05, 0) is 24.3 Å². The van der Waals surface area contributed by atoms with E-state index in [1.165, 1.54) is 12.1 Å². The van der Waals surface area contributed by atoms with Crippen molar-refractivity contribution in [2.24, 2.45) is 5.92 Å². The molecule has 0 N–H and O–H groups in total. The second kappa shape index (κ2) is 6.55. The average Bonchev–Trinajstić information content (AvgIpc) is 2.71. The van der Waals surface area contributed by atoms with Crippen LogP contribution in [0.4, 0.5) is 13.2 Å². The van der Waals surface area contributed by atoms with Crippen LogP contribution in [-0.2, 0) is 9.53 Å². The molecule has 3 rings (SSSR count). The van der Waals surface area contributed by atoms with Crippen molar-refractivity contribution in [1.82, 2.24) is 9.80 Å². The van der Waals surface area contributed by atoms with Crippen LogP contribution in [0.15, 0.2) is 24.3 Å². The summed E-state index contributed by atoms with van der Waals surface area (Å²) in [6, 6.07) is 4.52. The van der Waals surface area contributed by atoms with E-state index in [0.29, 0.717) is 13.2 Å². The van der Waals surface area contributed by atoms with Crippen LogP contribution in [0.1, 0.15) is 10.4 Å². The fourth-order valence-electron chi connectivity index (χ4n) is 3.05. The number of amides is 2. The van der Waals surface area contributed by atoms with Crippen LogP contribution >= 0.6 is 0 Å². The molecule has 0 aliphatic carbocycles. The fourth-order valence-corrected chi connectivity index (χ4v) is 3.05. The minimum atomic E-state index is -4.78. The number of alkyl halides is 3. The second-order valence-electron chi connectivity index (χ2n) is 6.12. The molecule has 0 aromatic heterocycles. The molecular formula is C16H17F3N2O4. The third-order valence-corrected chi connectivity index (χ3v) is 4.37. The third-order valence-electron chi connectivity index (χ3n) is 4.37. The lowest BCUT2D eigenvalue weighted by Gasteiger charge is -2.29. The number of hydrogen-bond acceptors (Lipinski definition) is 4. The highest BCUT2D eigenvalue weighted by molar-refractivity contribution is 5.95. The zero-order valence-electron chi connectivity index (χ0n) is 13.5. The lowest BCUT2D eigenvalue weighted by molar-refractivity contribution is -0.274. The smallest absolute Gasteiger partial charge is 0.406 e. The quantitative estimate of drug-likeness (QED) is 0.804. The van der Waals surface area contributed by atoms with Crippen LogP contribution in [0.5, 0.6) is 5.75 Å². The first-order chi connectivity index (χ1) is 11.7. The van der Waals surface area contributed by atoms with Crippen molar-refractivity contribution in [1.29, 1.82) is 0 Å². The predicted octanol–water partition coefficient (Wildman–Crippen LogP) is 1.51. The number of benzene rings is 1. The molecule has 1 aromatic rings. The SMILES string of the molecule is CN1C(=O)[C@H]2COC[C@@H]1CN(C(=O)c1ccc(OC(F)(F)F)cc1)C2. The van der Waals surface area contributed by atoms with Gasteiger partial charge in [0.1, 0.15) is 5.75 Å². The van der Waals surface area contributed by atoms with Crippen molar-refractivity contribution in [2.75, 3.05) is 33.4 Å². The van der Waals surface area contributed by atoms with Crippen LogP contribution in [0, 0.1) is 5.92 Å². The summed E-state index contributed by atoms with van der Waals surface area (Å²) in [5.41, 5.74) is 0.241. The minimum Gasteiger partial charge on any atom is -0.406 e. The molecule has 0 unspecified atom stereocenters. The molecule has 6 nitrogen and oxygen atoms in total. The van der Waals surface area contributed by atoms with Gasteiger partial charge in [-0.15, -0.1) is 13.2 Å². The van der Waals surface area contributed by atoms with Gasteiger partial charge in [0.05, 0.1) is 25.2 Å². The van der Waals surface area contributed by atoms with E-state index in [4.69, 9.17) is 4.74 Å². The standard InChI is InChI=1S/C16H17F3N2O4/c1-20-12-7-21(6-11(14(20)22)8-24-9-12)15(23)10-2-4-13(5-3-10)25-16(17,18)19/h2-5,11-12H,6-9H2,1H3/t11-,12+/m1/s1. The molecule has 136 valence electrons. The highest BCUT2D eigenvalue weighted by Gasteiger charge is 2.39. The number of carbonyl (C=O) groups excluding carboxylic acids is 2. The third kappa shape index (κ3) is 3.87. The number of nitrogens with zero attached hydrogens (tertiary/aromatic N) is 2. The number of rotatable bonds is 2. The van der Waals surface area contributed by atoms with Crippen molar-refractivity contribution in [2.45, 2.75) is 12.4 Å². The molecular weight excluding hydrogens is 341 g/mol. The number of carbonyl (C=O) groups is 2. The van der Waals surface area contributed by atoms with Crippen LogP contribution < -0.4 is 4.74 Å². The lowest BCUT2D eigenvalue weighted by atomic mass is 10.1. The summed E-state index contributed by atoms with van der Waals surface area (Å²) in [5.74, 6) is -1.22. The summed E-state index contributed by atoms with van der Waals surface area (Å²) in [7, 11) is 1.69. The van der Waals surface area contributed by atoms with Gasteiger partial charge in [0, 0.05) is 25.7 Å². The van der Waals surface area contributed by atoms with Gasteiger partial charge in [-0.1, -0.05) is 0 Å². The van der Waals surface area contributed by atoms with Gasteiger partial charge < -0.3 is 19.3 Å². The van der Waals surface area contributed by atoms with Gasteiger partial charge >= 0.3 is 6.36 Å². The monoisotopic (exact) mass is 358 g/mol. The maximum Gasteiger partial charge on any atom is 0.573 e. The fraction of sp³-hybridized carbons (Fsp3) is 0.500. The largest absolute Gasteiger partial charge is 0.573 e. The van der Waals surface area contributed by atoms with Crippen LogP contribution in [0.3, 0.4) is 0 Å². The van der Waals surface area contributed by atoms with E-state index < -0.39 is 12.3 Å². The first kappa shape index (κ1) is 17.5. The Hall–Kier alpha value is -2.29. The van der Waals surface area contributed by atoms with Crippen molar-refractivity contribution < 1.29 is 32.2 Å². The minimum absolute atomic E-state index is 0.0632. The second-order valence-corrected chi connectivity index (χ2v) is 6.12. The Morgan fingerprint density at radius 3 is 2.52 bits per heavy atom. The molecule has 2 saturated heterocycles.